The van der Waals surface area contributed by atoms with Gasteiger partial charge < -0.3 is 9.05 Å². The molecule has 0 atom stereocenters. The molecule has 0 saturated heterocycles. The third kappa shape index (κ3) is 6.13. The Morgan fingerprint density at radius 1 is 0.714 bits per heavy atom. The standard InChI is InChI=1S/C21H17O6P/c22-21(17-16-18-10-4-1-5-11-18)24-27-28(23,25-19-12-6-2-7-13-19)26-20-14-8-3-9-15-20/h1-17H. The van der Waals surface area contributed by atoms with E-state index >= 15 is 0 Å². The smallest absolute Gasteiger partial charge is 0.393 e. The highest BCUT2D eigenvalue weighted by Crippen LogP contribution is 2.49. The third-order valence-electron chi connectivity index (χ3n) is 3.34. The van der Waals surface area contributed by atoms with Crippen LogP contribution in [-0.4, -0.2) is 5.97 Å². The van der Waals surface area contributed by atoms with Crippen LogP contribution in [0.4, 0.5) is 0 Å². The molecule has 3 aromatic carbocycles. The average molecular weight is 396 g/mol. The van der Waals surface area contributed by atoms with E-state index in [9.17, 15) is 9.36 Å². The van der Waals surface area contributed by atoms with Crippen molar-refractivity contribution in [2.75, 3.05) is 0 Å². The summed E-state index contributed by atoms with van der Waals surface area (Å²) >= 11 is 0. The predicted molar refractivity (Wildman–Crippen MR) is 104 cm³/mol. The second-order valence-electron chi connectivity index (χ2n) is 5.48. The molecule has 6 nitrogen and oxygen atoms in total. The number of rotatable bonds is 8. The summed E-state index contributed by atoms with van der Waals surface area (Å²) in [4.78, 5) is 16.5. The largest absolute Gasteiger partial charge is 0.625 e. The summed E-state index contributed by atoms with van der Waals surface area (Å²) in [7, 11) is -4.29. The van der Waals surface area contributed by atoms with Crippen molar-refractivity contribution in [3.05, 3.63) is 103 Å². The van der Waals surface area contributed by atoms with Gasteiger partial charge in [0.15, 0.2) is 0 Å². The minimum atomic E-state index is -4.29. The highest BCUT2D eigenvalue weighted by molar-refractivity contribution is 7.49. The number of para-hydroxylation sites is 2. The highest BCUT2D eigenvalue weighted by Gasteiger charge is 2.34. The van der Waals surface area contributed by atoms with Crippen molar-refractivity contribution in [2.45, 2.75) is 0 Å². The molecular formula is C21H17O6P. The van der Waals surface area contributed by atoms with Crippen molar-refractivity contribution in [2.24, 2.45) is 0 Å². The van der Waals surface area contributed by atoms with Gasteiger partial charge >= 0.3 is 13.8 Å². The molecule has 0 aliphatic rings. The van der Waals surface area contributed by atoms with Crippen molar-refractivity contribution >= 4 is 19.9 Å². The molecule has 0 aromatic heterocycles. The zero-order valence-corrected chi connectivity index (χ0v) is 15.6. The van der Waals surface area contributed by atoms with E-state index in [0.29, 0.717) is 0 Å². The molecule has 3 rings (SSSR count). The average Bonchev–Trinajstić information content (AvgIpc) is 2.73. The summed E-state index contributed by atoms with van der Waals surface area (Å²) in [5.41, 5.74) is 0.795. The lowest BCUT2D eigenvalue weighted by atomic mass is 10.2. The minimum absolute atomic E-state index is 0.234. The van der Waals surface area contributed by atoms with E-state index < -0.39 is 13.8 Å². The first-order chi connectivity index (χ1) is 13.6. The maximum Gasteiger partial charge on any atom is 0.625 e. The molecule has 0 amide bonds. The Bertz CT molecular complexity index is 912. The molecular weight excluding hydrogens is 379 g/mol. The van der Waals surface area contributed by atoms with Gasteiger partial charge in [-0.2, -0.15) is 0 Å². The fourth-order valence-electron chi connectivity index (χ4n) is 2.11. The third-order valence-corrected chi connectivity index (χ3v) is 4.47. The van der Waals surface area contributed by atoms with Crippen LogP contribution in [0.2, 0.25) is 0 Å². The second kappa shape index (κ2) is 9.55. The normalized spacial score (nSPS) is 11.1. The SMILES string of the molecule is O=C(C=Cc1ccccc1)OOP(=O)(Oc1ccccc1)Oc1ccccc1. The van der Waals surface area contributed by atoms with Gasteiger partial charge in [0.1, 0.15) is 11.5 Å². The van der Waals surface area contributed by atoms with Crippen molar-refractivity contribution < 1.29 is 28.0 Å². The van der Waals surface area contributed by atoms with Crippen LogP contribution in [0.1, 0.15) is 5.56 Å². The van der Waals surface area contributed by atoms with E-state index in [-0.39, 0.29) is 11.5 Å². The molecule has 142 valence electrons. The Balaban J connectivity index is 1.68. The topological polar surface area (TPSA) is 71.1 Å². The van der Waals surface area contributed by atoms with Crippen LogP contribution in [0.5, 0.6) is 11.5 Å². The molecule has 0 radical (unpaired) electrons. The zero-order chi connectivity index (χ0) is 19.7. The number of hydrogen-bond acceptors (Lipinski definition) is 6. The summed E-state index contributed by atoms with van der Waals surface area (Å²) in [6.45, 7) is 0. The van der Waals surface area contributed by atoms with E-state index in [4.69, 9.17) is 13.7 Å². The molecule has 0 heterocycles. The van der Waals surface area contributed by atoms with Crippen LogP contribution in [0, 0.1) is 0 Å². The van der Waals surface area contributed by atoms with Crippen molar-refractivity contribution in [1.82, 2.24) is 0 Å². The fraction of sp³-hybridized carbons (Fsp3) is 0. The first-order valence-corrected chi connectivity index (χ1v) is 9.82. The van der Waals surface area contributed by atoms with Gasteiger partial charge in [0.2, 0.25) is 0 Å². The van der Waals surface area contributed by atoms with Gasteiger partial charge in [-0.1, -0.05) is 71.4 Å². The van der Waals surface area contributed by atoms with Gasteiger partial charge in [0.25, 0.3) is 0 Å². The van der Waals surface area contributed by atoms with Gasteiger partial charge in [-0.25, -0.2) is 9.36 Å². The Morgan fingerprint density at radius 3 is 1.68 bits per heavy atom. The van der Waals surface area contributed by atoms with Crippen molar-refractivity contribution in [3.63, 3.8) is 0 Å². The van der Waals surface area contributed by atoms with E-state index in [1.54, 1.807) is 60.7 Å². The van der Waals surface area contributed by atoms with Gasteiger partial charge in [0, 0.05) is 6.08 Å². The summed E-state index contributed by atoms with van der Waals surface area (Å²) in [5, 5.41) is 0. The second-order valence-corrected chi connectivity index (χ2v) is 6.89. The molecule has 0 aliphatic carbocycles. The number of phosphoric ester groups is 1. The first kappa shape index (κ1) is 19.4. The monoisotopic (exact) mass is 396 g/mol. The summed E-state index contributed by atoms with van der Waals surface area (Å²) < 4.78 is 28.4. The number of phosphoric acid groups is 1. The van der Waals surface area contributed by atoms with Gasteiger partial charge in [-0.05, 0) is 35.9 Å². The van der Waals surface area contributed by atoms with Crippen LogP contribution in [-0.2, 0) is 18.9 Å². The van der Waals surface area contributed by atoms with Crippen LogP contribution in [0.15, 0.2) is 97.1 Å². The number of carbonyl (C=O) groups is 1. The summed E-state index contributed by atoms with van der Waals surface area (Å²) in [6.07, 6.45) is 2.68. The molecule has 0 spiro atoms. The molecule has 0 saturated carbocycles. The maximum atomic E-state index is 13.0. The lowest BCUT2D eigenvalue weighted by molar-refractivity contribution is -0.214. The Hall–Kier alpha value is -3.34. The fourth-order valence-corrected chi connectivity index (χ4v) is 3.13. The molecule has 0 aliphatic heterocycles. The summed E-state index contributed by atoms with van der Waals surface area (Å²) in [6, 6.07) is 25.7. The predicted octanol–water partition coefficient (Wildman–Crippen LogP) is 5.44. The highest BCUT2D eigenvalue weighted by atomic mass is 31.2. The quantitative estimate of drug-likeness (QED) is 0.219. The lowest BCUT2D eigenvalue weighted by Gasteiger charge is -2.17. The number of carbonyl (C=O) groups excluding carboxylic acids is 1. The van der Waals surface area contributed by atoms with Crippen LogP contribution in [0.25, 0.3) is 6.08 Å². The Labute approximate surface area is 162 Å². The Kier molecular flexibility index (Phi) is 6.63. The maximum absolute atomic E-state index is 13.0. The lowest BCUT2D eigenvalue weighted by Crippen LogP contribution is -2.08. The zero-order valence-electron chi connectivity index (χ0n) is 14.7. The molecule has 7 heteroatoms. The van der Waals surface area contributed by atoms with Crippen LogP contribution in [0.3, 0.4) is 0 Å². The number of benzene rings is 3. The molecule has 0 N–H and O–H groups in total. The Morgan fingerprint density at radius 2 is 1.18 bits per heavy atom. The molecule has 0 bridgehead atoms. The molecule has 3 aromatic rings. The van der Waals surface area contributed by atoms with E-state index in [1.165, 1.54) is 6.08 Å². The van der Waals surface area contributed by atoms with E-state index in [1.807, 2.05) is 30.3 Å². The number of hydrogen-bond donors (Lipinski definition) is 0. The van der Waals surface area contributed by atoms with E-state index in [2.05, 4.69) is 4.89 Å². The van der Waals surface area contributed by atoms with Crippen LogP contribution >= 0.6 is 7.82 Å². The molecule has 0 fully saturated rings. The van der Waals surface area contributed by atoms with Crippen molar-refractivity contribution in [1.29, 1.82) is 0 Å². The molecule has 28 heavy (non-hydrogen) atoms. The van der Waals surface area contributed by atoms with Gasteiger partial charge in [0.05, 0.1) is 0 Å². The summed E-state index contributed by atoms with van der Waals surface area (Å²) in [5.74, 6) is -0.396. The van der Waals surface area contributed by atoms with Crippen LogP contribution < -0.4 is 9.05 Å². The van der Waals surface area contributed by atoms with Gasteiger partial charge in [-0.3, -0.25) is 4.89 Å². The van der Waals surface area contributed by atoms with E-state index in [0.717, 1.165) is 11.6 Å². The first-order valence-electron chi connectivity index (χ1n) is 8.36. The molecule has 0 unspecified atom stereocenters. The van der Waals surface area contributed by atoms with Gasteiger partial charge in [-0.15, -0.1) is 0 Å². The van der Waals surface area contributed by atoms with Crippen molar-refractivity contribution in [3.8, 4) is 11.5 Å². The minimum Gasteiger partial charge on any atom is -0.393 e.